The van der Waals surface area contributed by atoms with Crippen LogP contribution in [-0.2, 0) is 16.1 Å². The summed E-state index contributed by atoms with van der Waals surface area (Å²) in [4.78, 5) is 35.1. The summed E-state index contributed by atoms with van der Waals surface area (Å²) >= 11 is 1.63. The zero-order valence-electron chi connectivity index (χ0n) is 14.7. The zero-order valence-corrected chi connectivity index (χ0v) is 15.6. The molecule has 0 radical (unpaired) electrons. The number of hydrogen-bond donors (Lipinski definition) is 0. The summed E-state index contributed by atoms with van der Waals surface area (Å²) in [6, 6.07) is 0. The number of likely N-dealkylation sites (tertiary alicyclic amines) is 2. The second-order valence-electron chi connectivity index (χ2n) is 7.18. The molecule has 1 aromatic heterocycles. The lowest BCUT2D eigenvalue weighted by Crippen LogP contribution is -2.54. The third-order valence-corrected chi connectivity index (χ3v) is 5.99. The third kappa shape index (κ3) is 3.47. The highest BCUT2D eigenvalue weighted by Gasteiger charge is 2.47. The van der Waals surface area contributed by atoms with Gasteiger partial charge in [0.25, 0.3) is 0 Å². The molecular weight excluding hydrogens is 324 g/mol. The Morgan fingerprint density at radius 1 is 1.33 bits per heavy atom. The Bertz CT molecular complexity index is 620. The van der Waals surface area contributed by atoms with Crippen LogP contribution in [0.1, 0.15) is 36.4 Å². The second-order valence-corrected chi connectivity index (χ2v) is 8.24. The number of aryl methyl sites for hydroxylation is 1. The van der Waals surface area contributed by atoms with Crippen LogP contribution >= 0.6 is 11.3 Å². The maximum atomic E-state index is 12.4. The van der Waals surface area contributed by atoms with Crippen molar-refractivity contribution in [3.63, 3.8) is 0 Å². The van der Waals surface area contributed by atoms with Gasteiger partial charge in [0.05, 0.1) is 23.8 Å². The van der Waals surface area contributed by atoms with Gasteiger partial charge in [0.2, 0.25) is 11.8 Å². The molecule has 2 amide bonds. The van der Waals surface area contributed by atoms with Gasteiger partial charge in [0.1, 0.15) is 0 Å². The van der Waals surface area contributed by atoms with Crippen molar-refractivity contribution in [3.8, 4) is 0 Å². The van der Waals surface area contributed by atoms with Crippen LogP contribution in [0.25, 0.3) is 0 Å². The van der Waals surface area contributed by atoms with E-state index in [1.54, 1.807) is 11.3 Å². The minimum Gasteiger partial charge on any atom is -0.341 e. The Morgan fingerprint density at radius 2 is 2.04 bits per heavy atom. The summed E-state index contributed by atoms with van der Waals surface area (Å²) in [5.41, 5.74) is 0.905. The highest BCUT2D eigenvalue weighted by atomic mass is 32.1. The molecule has 3 rings (SSSR count). The molecule has 0 aliphatic carbocycles. The van der Waals surface area contributed by atoms with Gasteiger partial charge in [-0.2, -0.15) is 0 Å². The fourth-order valence-corrected chi connectivity index (χ4v) is 4.44. The molecule has 132 valence electrons. The average molecular weight is 350 g/mol. The Labute approximate surface area is 147 Å². The summed E-state index contributed by atoms with van der Waals surface area (Å²) in [7, 11) is 3.83. The van der Waals surface area contributed by atoms with Gasteiger partial charge in [0, 0.05) is 30.4 Å². The summed E-state index contributed by atoms with van der Waals surface area (Å²) in [6.07, 6.45) is 3.28. The first-order valence-electron chi connectivity index (χ1n) is 8.54. The standard InChI is InChI=1S/C17H26N4O2S/c1-13-18-14(12-24-13)10-21-15(22)4-5-17(21)6-8-20(9-7-17)16(23)11-19(2)3/h12H,4-11H2,1-3H3. The smallest absolute Gasteiger partial charge is 0.236 e. The van der Waals surface area contributed by atoms with Gasteiger partial charge in [-0.15, -0.1) is 11.3 Å². The van der Waals surface area contributed by atoms with Crippen molar-refractivity contribution >= 4 is 23.2 Å². The highest BCUT2D eigenvalue weighted by Crippen LogP contribution is 2.40. The maximum absolute atomic E-state index is 12.4. The van der Waals surface area contributed by atoms with E-state index < -0.39 is 0 Å². The molecule has 0 saturated carbocycles. The Hall–Kier alpha value is -1.47. The molecular formula is C17H26N4O2S. The molecule has 3 heterocycles. The molecule has 2 saturated heterocycles. The number of amides is 2. The first kappa shape index (κ1) is 17.4. The number of rotatable bonds is 4. The van der Waals surface area contributed by atoms with E-state index in [0.717, 1.165) is 43.1 Å². The summed E-state index contributed by atoms with van der Waals surface area (Å²) in [6.45, 7) is 4.53. The minimum atomic E-state index is -0.0799. The Kier molecular flexibility index (Phi) is 4.92. The van der Waals surface area contributed by atoms with Crippen LogP contribution < -0.4 is 0 Å². The van der Waals surface area contributed by atoms with Crippen LogP contribution in [0.5, 0.6) is 0 Å². The number of carbonyl (C=O) groups is 2. The molecule has 0 atom stereocenters. The van der Waals surface area contributed by atoms with Crippen molar-refractivity contribution in [2.75, 3.05) is 33.7 Å². The molecule has 1 spiro atoms. The van der Waals surface area contributed by atoms with E-state index >= 15 is 0 Å². The highest BCUT2D eigenvalue weighted by molar-refractivity contribution is 7.09. The normalized spacial score (nSPS) is 20.4. The van der Waals surface area contributed by atoms with Crippen LogP contribution in [0.3, 0.4) is 0 Å². The maximum Gasteiger partial charge on any atom is 0.236 e. The number of thiazole rings is 1. The Morgan fingerprint density at radius 3 is 2.62 bits per heavy atom. The third-order valence-electron chi connectivity index (χ3n) is 5.16. The van der Waals surface area contributed by atoms with Crippen LogP contribution in [0.15, 0.2) is 5.38 Å². The molecule has 0 unspecified atom stereocenters. The number of likely N-dealkylation sites (N-methyl/N-ethyl adjacent to an activating group) is 1. The summed E-state index contributed by atoms with van der Waals surface area (Å²) in [5.74, 6) is 0.412. The number of piperidine rings is 1. The summed E-state index contributed by atoms with van der Waals surface area (Å²) < 4.78 is 0. The van der Waals surface area contributed by atoms with Crippen molar-refractivity contribution in [3.05, 3.63) is 16.1 Å². The number of aromatic nitrogens is 1. The lowest BCUT2D eigenvalue weighted by molar-refractivity contribution is -0.137. The molecule has 2 aliphatic rings. The molecule has 7 heteroatoms. The quantitative estimate of drug-likeness (QED) is 0.826. The van der Waals surface area contributed by atoms with Crippen LogP contribution in [0.2, 0.25) is 0 Å². The SMILES string of the molecule is Cc1nc(CN2C(=O)CCC23CCN(C(=O)CN(C)C)CC3)cs1. The van der Waals surface area contributed by atoms with E-state index in [9.17, 15) is 9.59 Å². The van der Waals surface area contributed by atoms with Gasteiger partial charge in [0.15, 0.2) is 0 Å². The molecule has 6 nitrogen and oxygen atoms in total. The van der Waals surface area contributed by atoms with Gasteiger partial charge >= 0.3 is 0 Å². The van der Waals surface area contributed by atoms with E-state index in [1.165, 1.54) is 0 Å². The zero-order chi connectivity index (χ0) is 17.3. The predicted molar refractivity (Wildman–Crippen MR) is 93.7 cm³/mol. The molecule has 2 aliphatic heterocycles. The monoisotopic (exact) mass is 350 g/mol. The molecule has 1 aromatic rings. The van der Waals surface area contributed by atoms with E-state index in [-0.39, 0.29) is 17.4 Å². The lowest BCUT2D eigenvalue weighted by Gasteiger charge is -2.45. The fraction of sp³-hybridized carbons (Fsp3) is 0.706. The number of nitrogens with zero attached hydrogens (tertiary/aromatic N) is 4. The topological polar surface area (TPSA) is 56.8 Å². The molecule has 0 N–H and O–H groups in total. The van der Waals surface area contributed by atoms with Crippen LogP contribution in [0, 0.1) is 6.92 Å². The average Bonchev–Trinajstić information content (AvgIpc) is 3.07. The molecule has 24 heavy (non-hydrogen) atoms. The van der Waals surface area contributed by atoms with Gasteiger partial charge in [-0.3, -0.25) is 9.59 Å². The second kappa shape index (κ2) is 6.80. The van der Waals surface area contributed by atoms with Crippen molar-refractivity contribution in [2.45, 2.75) is 44.7 Å². The molecule has 2 fully saturated rings. The van der Waals surface area contributed by atoms with E-state index in [2.05, 4.69) is 4.98 Å². The van der Waals surface area contributed by atoms with Crippen LogP contribution in [0.4, 0.5) is 0 Å². The minimum absolute atomic E-state index is 0.0799. The van der Waals surface area contributed by atoms with E-state index in [4.69, 9.17) is 0 Å². The van der Waals surface area contributed by atoms with E-state index in [0.29, 0.717) is 19.5 Å². The van der Waals surface area contributed by atoms with Crippen molar-refractivity contribution in [1.82, 2.24) is 19.7 Å². The summed E-state index contributed by atoms with van der Waals surface area (Å²) in [5, 5.41) is 3.08. The van der Waals surface area contributed by atoms with Gasteiger partial charge in [-0.25, -0.2) is 4.98 Å². The van der Waals surface area contributed by atoms with Gasteiger partial charge in [-0.05, 0) is 40.3 Å². The first-order chi connectivity index (χ1) is 11.4. The van der Waals surface area contributed by atoms with Gasteiger partial charge < -0.3 is 14.7 Å². The number of carbonyl (C=O) groups excluding carboxylic acids is 2. The van der Waals surface area contributed by atoms with Gasteiger partial charge in [-0.1, -0.05) is 0 Å². The van der Waals surface area contributed by atoms with E-state index in [1.807, 2.05) is 41.1 Å². The van der Waals surface area contributed by atoms with Crippen molar-refractivity contribution < 1.29 is 9.59 Å². The number of hydrogen-bond acceptors (Lipinski definition) is 5. The van der Waals surface area contributed by atoms with Crippen molar-refractivity contribution in [1.29, 1.82) is 0 Å². The lowest BCUT2D eigenvalue weighted by atomic mass is 9.85. The first-order valence-corrected chi connectivity index (χ1v) is 9.42. The fourth-order valence-electron chi connectivity index (χ4n) is 3.84. The molecule has 0 aromatic carbocycles. The predicted octanol–water partition coefficient (Wildman–Crippen LogP) is 1.50. The van der Waals surface area contributed by atoms with Crippen LogP contribution in [-0.4, -0.2) is 70.8 Å². The Balaban J connectivity index is 1.66. The largest absolute Gasteiger partial charge is 0.341 e. The molecule has 0 bridgehead atoms. The van der Waals surface area contributed by atoms with Crippen molar-refractivity contribution in [2.24, 2.45) is 0 Å².